The van der Waals surface area contributed by atoms with E-state index in [4.69, 9.17) is 9.47 Å². The maximum Gasteiger partial charge on any atom is 0.320 e. The minimum Gasteiger partial charge on any atom is -0.493 e. The van der Waals surface area contributed by atoms with Crippen LogP contribution in [-0.4, -0.2) is 67.6 Å². The lowest BCUT2D eigenvalue weighted by Gasteiger charge is -2.21. The molecule has 1 aliphatic rings. The summed E-state index contributed by atoms with van der Waals surface area (Å²) in [6, 6.07) is 7.90. The molecule has 0 radical (unpaired) electrons. The summed E-state index contributed by atoms with van der Waals surface area (Å²) in [5, 5.41) is 0. The van der Waals surface area contributed by atoms with E-state index in [1.165, 1.54) is 0 Å². The molecule has 1 heterocycles. The van der Waals surface area contributed by atoms with Crippen molar-refractivity contribution in [2.24, 2.45) is 0 Å². The Morgan fingerprint density at radius 1 is 1.12 bits per heavy atom. The zero-order valence-corrected chi connectivity index (χ0v) is 15.9. The van der Waals surface area contributed by atoms with E-state index in [1.54, 1.807) is 0 Å². The molecule has 1 fully saturated rings. The Morgan fingerprint density at radius 3 is 2.69 bits per heavy atom. The first-order valence-corrected chi connectivity index (χ1v) is 9.44. The molecule has 1 saturated heterocycles. The van der Waals surface area contributed by atoms with Crippen molar-refractivity contribution in [3.05, 3.63) is 29.8 Å². The van der Waals surface area contributed by atoms with Crippen molar-refractivity contribution in [1.29, 1.82) is 0 Å². The normalized spacial score (nSPS) is 15.4. The second-order valence-electron chi connectivity index (χ2n) is 6.53. The maximum atomic E-state index is 12.4. The van der Waals surface area contributed by atoms with Gasteiger partial charge in [-0.3, -0.25) is 14.5 Å². The van der Waals surface area contributed by atoms with Gasteiger partial charge in [-0.2, -0.15) is 0 Å². The smallest absolute Gasteiger partial charge is 0.320 e. The second kappa shape index (κ2) is 10.8. The van der Waals surface area contributed by atoms with Crippen LogP contribution in [-0.2, 0) is 14.3 Å². The number of nitrogens with zero attached hydrogens (tertiary/aromatic N) is 2. The molecule has 144 valence electrons. The van der Waals surface area contributed by atoms with Gasteiger partial charge in [-0.05, 0) is 38.3 Å². The van der Waals surface area contributed by atoms with Gasteiger partial charge in [-0.25, -0.2) is 0 Å². The number of rotatable bonds is 8. The van der Waals surface area contributed by atoms with Crippen LogP contribution in [0.2, 0.25) is 0 Å². The molecule has 26 heavy (non-hydrogen) atoms. The fourth-order valence-electron chi connectivity index (χ4n) is 3.05. The van der Waals surface area contributed by atoms with Crippen molar-refractivity contribution in [3.63, 3.8) is 0 Å². The summed E-state index contributed by atoms with van der Waals surface area (Å²) in [7, 11) is 0. The topological polar surface area (TPSA) is 59.1 Å². The highest BCUT2D eigenvalue weighted by Crippen LogP contribution is 2.16. The summed E-state index contributed by atoms with van der Waals surface area (Å²) < 4.78 is 10.7. The Kier molecular flexibility index (Phi) is 8.41. The van der Waals surface area contributed by atoms with Gasteiger partial charge in [-0.15, -0.1) is 0 Å². The number of benzene rings is 1. The summed E-state index contributed by atoms with van der Waals surface area (Å²) >= 11 is 0. The van der Waals surface area contributed by atoms with Crippen LogP contribution in [0.4, 0.5) is 0 Å². The first-order chi connectivity index (χ1) is 12.6. The number of carbonyl (C=O) groups excluding carboxylic acids is 2. The van der Waals surface area contributed by atoms with Crippen LogP contribution in [0.15, 0.2) is 24.3 Å². The molecule has 0 aromatic heterocycles. The number of hydrogen-bond acceptors (Lipinski definition) is 5. The average molecular weight is 362 g/mol. The van der Waals surface area contributed by atoms with Crippen molar-refractivity contribution >= 4 is 11.9 Å². The lowest BCUT2D eigenvalue weighted by atomic mass is 10.2. The number of esters is 1. The molecular formula is C20H30N2O4. The Balaban J connectivity index is 1.67. The van der Waals surface area contributed by atoms with Crippen LogP contribution < -0.4 is 4.74 Å². The predicted molar refractivity (Wildman–Crippen MR) is 100 cm³/mol. The molecule has 1 aliphatic heterocycles. The van der Waals surface area contributed by atoms with Crippen LogP contribution in [0, 0.1) is 6.92 Å². The summed E-state index contributed by atoms with van der Waals surface area (Å²) in [5.74, 6) is 0.848. The molecule has 0 unspecified atom stereocenters. The van der Waals surface area contributed by atoms with Gasteiger partial charge >= 0.3 is 5.97 Å². The van der Waals surface area contributed by atoms with E-state index >= 15 is 0 Å². The van der Waals surface area contributed by atoms with Gasteiger partial charge < -0.3 is 14.4 Å². The van der Waals surface area contributed by atoms with E-state index in [0.29, 0.717) is 45.7 Å². The number of aryl methyl sites for hydroxylation is 1. The van der Waals surface area contributed by atoms with E-state index in [0.717, 1.165) is 30.8 Å². The van der Waals surface area contributed by atoms with Gasteiger partial charge in [0.2, 0.25) is 5.91 Å². The fourth-order valence-corrected chi connectivity index (χ4v) is 3.05. The largest absolute Gasteiger partial charge is 0.493 e. The van der Waals surface area contributed by atoms with Gasteiger partial charge in [0.15, 0.2) is 0 Å². The van der Waals surface area contributed by atoms with Crippen molar-refractivity contribution in [2.75, 3.05) is 45.9 Å². The summed E-state index contributed by atoms with van der Waals surface area (Å²) in [6.07, 6.45) is 2.07. The molecule has 6 nitrogen and oxygen atoms in total. The molecule has 0 N–H and O–H groups in total. The monoisotopic (exact) mass is 362 g/mol. The standard InChI is InChI=1S/C20H30N2O4/c1-3-25-20(24)16-21-11-7-12-22(14-13-21)19(23)10-6-15-26-18-9-5-4-8-17(18)2/h4-5,8-9H,3,6-7,10-16H2,1-2H3. The number of hydrogen-bond donors (Lipinski definition) is 0. The molecule has 1 aromatic carbocycles. The van der Waals surface area contributed by atoms with Crippen molar-refractivity contribution in [2.45, 2.75) is 33.1 Å². The average Bonchev–Trinajstić information content (AvgIpc) is 2.86. The lowest BCUT2D eigenvalue weighted by molar-refractivity contribution is -0.144. The molecule has 0 atom stereocenters. The van der Waals surface area contributed by atoms with Gasteiger partial charge in [0.05, 0.1) is 19.8 Å². The zero-order chi connectivity index (χ0) is 18.8. The lowest BCUT2D eigenvalue weighted by Crippen LogP contribution is -2.37. The Bertz CT molecular complexity index is 591. The number of amides is 1. The molecule has 0 spiro atoms. The molecule has 2 rings (SSSR count). The van der Waals surface area contributed by atoms with Crippen molar-refractivity contribution < 1.29 is 19.1 Å². The number of para-hydroxylation sites is 1. The number of ether oxygens (including phenoxy) is 2. The SMILES string of the molecule is CCOC(=O)CN1CCCN(C(=O)CCCOc2ccccc2C)CC1. The zero-order valence-electron chi connectivity index (χ0n) is 15.9. The van der Waals surface area contributed by atoms with E-state index in [2.05, 4.69) is 4.90 Å². The Morgan fingerprint density at radius 2 is 1.92 bits per heavy atom. The second-order valence-corrected chi connectivity index (χ2v) is 6.53. The fraction of sp³-hybridized carbons (Fsp3) is 0.600. The minimum atomic E-state index is -0.194. The van der Waals surface area contributed by atoms with E-state index in [1.807, 2.05) is 43.0 Å². The summed E-state index contributed by atoms with van der Waals surface area (Å²) in [5.41, 5.74) is 1.10. The van der Waals surface area contributed by atoms with Gasteiger partial charge in [0, 0.05) is 32.6 Å². The van der Waals surface area contributed by atoms with Gasteiger partial charge in [-0.1, -0.05) is 18.2 Å². The molecule has 6 heteroatoms. The van der Waals surface area contributed by atoms with Crippen LogP contribution in [0.3, 0.4) is 0 Å². The highest BCUT2D eigenvalue weighted by atomic mass is 16.5. The number of carbonyl (C=O) groups is 2. The molecule has 1 aromatic rings. The highest BCUT2D eigenvalue weighted by Gasteiger charge is 2.20. The Hall–Kier alpha value is -2.08. The van der Waals surface area contributed by atoms with Gasteiger partial charge in [0.25, 0.3) is 0 Å². The maximum absolute atomic E-state index is 12.4. The highest BCUT2D eigenvalue weighted by molar-refractivity contribution is 5.76. The minimum absolute atomic E-state index is 0.163. The third-order valence-electron chi connectivity index (χ3n) is 4.49. The molecule has 0 aliphatic carbocycles. The summed E-state index contributed by atoms with van der Waals surface area (Å²) in [6.45, 7) is 8.02. The predicted octanol–water partition coefficient (Wildman–Crippen LogP) is 2.25. The van der Waals surface area contributed by atoms with E-state index in [-0.39, 0.29) is 11.9 Å². The molecule has 1 amide bonds. The van der Waals surface area contributed by atoms with Crippen LogP contribution in [0.25, 0.3) is 0 Å². The van der Waals surface area contributed by atoms with Crippen LogP contribution in [0.1, 0.15) is 31.7 Å². The first-order valence-electron chi connectivity index (χ1n) is 9.44. The van der Waals surface area contributed by atoms with Crippen LogP contribution in [0.5, 0.6) is 5.75 Å². The van der Waals surface area contributed by atoms with Crippen molar-refractivity contribution in [1.82, 2.24) is 9.80 Å². The third-order valence-corrected chi connectivity index (χ3v) is 4.49. The molecule has 0 bridgehead atoms. The molecular weight excluding hydrogens is 332 g/mol. The Labute approximate surface area is 156 Å². The van der Waals surface area contributed by atoms with Gasteiger partial charge in [0.1, 0.15) is 5.75 Å². The first kappa shape index (κ1) is 20.2. The van der Waals surface area contributed by atoms with E-state index in [9.17, 15) is 9.59 Å². The molecule has 0 saturated carbocycles. The van der Waals surface area contributed by atoms with Crippen molar-refractivity contribution in [3.8, 4) is 5.75 Å². The van der Waals surface area contributed by atoms with Crippen LogP contribution >= 0.6 is 0 Å². The quantitative estimate of drug-likeness (QED) is 0.524. The third kappa shape index (κ3) is 6.67. The van der Waals surface area contributed by atoms with E-state index < -0.39 is 0 Å². The summed E-state index contributed by atoms with van der Waals surface area (Å²) in [4.78, 5) is 28.0.